The van der Waals surface area contributed by atoms with Crippen LogP contribution in [0, 0.1) is 5.82 Å². The molecule has 0 saturated heterocycles. The zero-order valence-corrected chi connectivity index (χ0v) is 10.8. The van der Waals surface area contributed by atoms with Crippen LogP contribution in [-0.2, 0) is 0 Å². The molecule has 0 unspecified atom stereocenters. The molecule has 96 valence electrons. The molecular weight excluding hydrogens is 241 g/mol. The van der Waals surface area contributed by atoms with E-state index in [-0.39, 0.29) is 5.82 Å². The minimum atomic E-state index is -0.259. The van der Waals surface area contributed by atoms with E-state index in [1.54, 1.807) is 6.07 Å². The molecule has 0 aliphatic heterocycles. The van der Waals surface area contributed by atoms with Gasteiger partial charge in [0.1, 0.15) is 11.6 Å². The Balaban J connectivity index is 2.03. The van der Waals surface area contributed by atoms with E-state index in [2.05, 4.69) is 9.97 Å². The Morgan fingerprint density at radius 1 is 1.05 bits per heavy atom. The number of H-pyrrole nitrogens is 1. The fraction of sp³-hybridized carbons (Fsp3) is 0.133. The SMILES string of the molecule is CN(C)c1ccc(-c2nc3ccc(F)cc3[nH]2)cc1. The molecule has 0 spiro atoms. The second kappa shape index (κ2) is 4.39. The molecule has 3 aromatic rings. The Labute approximate surface area is 110 Å². The Morgan fingerprint density at radius 3 is 2.47 bits per heavy atom. The molecule has 3 nitrogen and oxygen atoms in total. The number of hydrogen-bond acceptors (Lipinski definition) is 2. The molecule has 3 rings (SSSR count). The van der Waals surface area contributed by atoms with Crippen LogP contribution < -0.4 is 4.90 Å². The van der Waals surface area contributed by atoms with E-state index < -0.39 is 0 Å². The van der Waals surface area contributed by atoms with E-state index in [9.17, 15) is 4.39 Å². The standard InChI is InChI=1S/C15H14FN3/c1-19(2)12-6-3-10(4-7-12)15-17-13-8-5-11(16)9-14(13)18-15/h3-9H,1-2H3,(H,17,18). The van der Waals surface area contributed by atoms with Gasteiger partial charge in [-0.05, 0) is 42.5 Å². The first kappa shape index (κ1) is 11.7. The van der Waals surface area contributed by atoms with Crippen molar-refractivity contribution in [3.05, 3.63) is 48.3 Å². The highest BCUT2D eigenvalue weighted by molar-refractivity contribution is 5.79. The van der Waals surface area contributed by atoms with Gasteiger partial charge in [0, 0.05) is 25.3 Å². The minimum Gasteiger partial charge on any atom is -0.378 e. The summed E-state index contributed by atoms with van der Waals surface area (Å²) >= 11 is 0. The molecule has 0 aliphatic rings. The van der Waals surface area contributed by atoms with Crippen molar-refractivity contribution in [2.45, 2.75) is 0 Å². The Morgan fingerprint density at radius 2 is 1.79 bits per heavy atom. The maximum Gasteiger partial charge on any atom is 0.138 e. The van der Waals surface area contributed by atoms with Gasteiger partial charge in [-0.2, -0.15) is 0 Å². The summed E-state index contributed by atoms with van der Waals surface area (Å²) < 4.78 is 13.1. The molecule has 0 bridgehead atoms. The molecule has 0 amide bonds. The lowest BCUT2D eigenvalue weighted by atomic mass is 10.2. The number of rotatable bonds is 2. The summed E-state index contributed by atoms with van der Waals surface area (Å²) in [6.45, 7) is 0. The summed E-state index contributed by atoms with van der Waals surface area (Å²) in [5.74, 6) is 0.497. The van der Waals surface area contributed by atoms with Gasteiger partial charge in [0.2, 0.25) is 0 Å². The van der Waals surface area contributed by atoms with E-state index in [1.165, 1.54) is 12.1 Å². The Bertz CT molecular complexity index is 714. The highest BCUT2D eigenvalue weighted by Gasteiger charge is 2.06. The Hall–Kier alpha value is -2.36. The van der Waals surface area contributed by atoms with Crippen LogP contribution in [0.4, 0.5) is 10.1 Å². The van der Waals surface area contributed by atoms with Crippen LogP contribution in [0.1, 0.15) is 0 Å². The molecule has 0 saturated carbocycles. The van der Waals surface area contributed by atoms with E-state index in [0.29, 0.717) is 5.52 Å². The average molecular weight is 255 g/mol. The number of imidazole rings is 1. The molecule has 1 aromatic heterocycles. The third kappa shape index (κ3) is 2.17. The molecule has 0 atom stereocenters. The minimum absolute atomic E-state index is 0.259. The maximum atomic E-state index is 13.1. The quantitative estimate of drug-likeness (QED) is 0.760. The predicted molar refractivity (Wildman–Crippen MR) is 75.8 cm³/mol. The molecule has 0 fully saturated rings. The van der Waals surface area contributed by atoms with Crippen LogP contribution >= 0.6 is 0 Å². The molecule has 1 heterocycles. The fourth-order valence-corrected chi connectivity index (χ4v) is 2.04. The lowest BCUT2D eigenvalue weighted by Crippen LogP contribution is -2.07. The van der Waals surface area contributed by atoms with Crippen molar-refractivity contribution in [2.75, 3.05) is 19.0 Å². The number of aromatic amines is 1. The third-order valence-electron chi connectivity index (χ3n) is 3.10. The van der Waals surface area contributed by atoms with Crippen molar-refractivity contribution in [3.8, 4) is 11.4 Å². The number of hydrogen-bond donors (Lipinski definition) is 1. The van der Waals surface area contributed by atoms with Crippen LogP contribution in [0.15, 0.2) is 42.5 Å². The van der Waals surface area contributed by atoms with Gasteiger partial charge >= 0.3 is 0 Å². The van der Waals surface area contributed by atoms with Gasteiger partial charge in [0.25, 0.3) is 0 Å². The van der Waals surface area contributed by atoms with Crippen molar-refractivity contribution in [1.82, 2.24) is 9.97 Å². The summed E-state index contributed by atoms with van der Waals surface area (Å²) in [4.78, 5) is 9.64. The van der Waals surface area contributed by atoms with E-state index in [4.69, 9.17) is 0 Å². The van der Waals surface area contributed by atoms with E-state index >= 15 is 0 Å². The van der Waals surface area contributed by atoms with E-state index in [1.807, 2.05) is 43.3 Å². The lowest BCUT2D eigenvalue weighted by Gasteiger charge is -2.11. The van der Waals surface area contributed by atoms with Gasteiger partial charge in [0.05, 0.1) is 11.0 Å². The average Bonchev–Trinajstić information content (AvgIpc) is 2.81. The van der Waals surface area contributed by atoms with Crippen LogP contribution in [0.2, 0.25) is 0 Å². The number of nitrogens with zero attached hydrogens (tertiary/aromatic N) is 2. The normalized spacial score (nSPS) is 10.9. The highest BCUT2D eigenvalue weighted by atomic mass is 19.1. The van der Waals surface area contributed by atoms with E-state index in [0.717, 1.165) is 22.6 Å². The molecule has 1 N–H and O–H groups in total. The molecule has 4 heteroatoms. The van der Waals surface area contributed by atoms with Gasteiger partial charge in [-0.3, -0.25) is 0 Å². The lowest BCUT2D eigenvalue weighted by molar-refractivity contribution is 0.629. The maximum absolute atomic E-state index is 13.1. The fourth-order valence-electron chi connectivity index (χ4n) is 2.04. The van der Waals surface area contributed by atoms with Crippen LogP contribution in [0.25, 0.3) is 22.4 Å². The molecule has 2 aromatic carbocycles. The highest BCUT2D eigenvalue weighted by Crippen LogP contribution is 2.23. The number of nitrogens with one attached hydrogen (secondary N) is 1. The summed E-state index contributed by atoms with van der Waals surface area (Å²) in [5.41, 5.74) is 3.60. The van der Waals surface area contributed by atoms with Crippen LogP contribution in [0.3, 0.4) is 0 Å². The number of fused-ring (bicyclic) bond motifs is 1. The van der Waals surface area contributed by atoms with Gasteiger partial charge in [-0.1, -0.05) is 0 Å². The predicted octanol–water partition coefficient (Wildman–Crippen LogP) is 3.44. The van der Waals surface area contributed by atoms with Crippen molar-refractivity contribution in [3.63, 3.8) is 0 Å². The topological polar surface area (TPSA) is 31.9 Å². The second-order valence-electron chi connectivity index (χ2n) is 4.69. The summed E-state index contributed by atoms with van der Waals surface area (Å²) in [6, 6.07) is 12.6. The van der Waals surface area contributed by atoms with Crippen LogP contribution in [-0.4, -0.2) is 24.1 Å². The van der Waals surface area contributed by atoms with Gasteiger partial charge in [-0.15, -0.1) is 0 Å². The van der Waals surface area contributed by atoms with Gasteiger partial charge in [-0.25, -0.2) is 9.37 Å². The number of aromatic nitrogens is 2. The first-order chi connectivity index (χ1) is 9.13. The first-order valence-electron chi connectivity index (χ1n) is 6.06. The zero-order chi connectivity index (χ0) is 13.4. The second-order valence-corrected chi connectivity index (χ2v) is 4.69. The molecule has 19 heavy (non-hydrogen) atoms. The molecular formula is C15H14FN3. The Kier molecular flexibility index (Phi) is 2.71. The number of anilines is 1. The number of benzene rings is 2. The summed E-state index contributed by atoms with van der Waals surface area (Å²) in [7, 11) is 4.00. The zero-order valence-electron chi connectivity index (χ0n) is 10.8. The first-order valence-corrected chi connectivity index (χ1v) is 6.06. The summed E-state index contributed by atoms with van der Waals surface area (Å²) in [6.07, 6.45) is 0. The molecule has 0 aliphatic carbocycles. The smallest absolute Gasteiger partial charge is 0.138 e. The third-order valence-corrected chi connectivity index (χ3v) is 3.10. The van der Waals surface area contributed by atoms with Crippen molar-refractivity contribution >= 4 is 16.7 Å². The molecule has 0 radical (unpaired) electrons. The largest absolute Gasteiger partial charge is 0.378 e. The monoisotopic (exact) mass is 255 g/mol. The summed E-state index contributed by atoms with van der Waals surface area (Å²) in [5, 5.41) is 0. The van der Waals surface area contributed by atoms with Crippen molar-refractivity contribution in [2.24, 2.45) is 0 Å². The van der Waals surface area contributed by atoms with Gasteiger partial charge < -0.3 is 9.88 Å². The van der Waals surface area contributed by atoms with Gasteiger partial charge in [0.15, 0.2) is 0 Å². The van der Waals surface area contributed by atoms with Crippen molar-refractivity contribution in [1.29, 1.82) is 0 Å². The number of halogens is 1. The van der Waals surface area contributed by atoms with Crippen LogP contribution in [0.5, 0.6) is 0 Å². The van der Waals surface area contributed by atoms with Crippen molar-refractivity contribution < 1.29 is 4.39 Å².